The van der Waals surface area contributed by atoms with Crippen molar-refractivity contribution in [3.8, 4) is 0 Å². The molecule has 0 aromatic heterocycles. The molecule has 0 saturated heterocycles. The minimum Gasteiger partial charge on any atom is -0.481 e. The fourth-order valence-corrected chi connectivity index (χ4v) is 2.84. The molecule has 0 rings (SSSR count). The van der Waals surface area contributed by atoms with Crippen molar-refractivity contribution in [2.75, 3.05) is 0 Å². The van der Waals surface area contributed by atoms with E-state index in [9.17, 15) is 4.79 Å². The van der Waals surface area contributed by atoms with E-state index >= 15 is 0 Å². The summed E-state index contributed by atoms with van der Waals surface area (Å²) in [6, 6.07) is 0. The maximum Gasteiger partial charge on any atom is 0.303 e. The zero-order valence-electron chi connectivity index (χ0n) is 18.6. The molecule has 1 atom stereocenters. The Bertz CT molecular complexity index is 297. The monoisotopic (exact) mass is 371 g/mol. The van der Waals surface area contributed by atoms with Crippen LogP contribution in [0.3, 0.4) is 0 Å². The lowest BCUT2D eigenvalue weighted by atomic mass is 9.86. The molecule has 0 bridgehead atoms. The van der Waals surface area contributed by atoms with Crippen molar-refractivity contribution in [2.45, 2.75) is 136 Å². The second kappa shape index (κ2) is 19.2. The first-order valence-corrected chi connectivity index (χ1v) is 11.3. The number of hydrogen-bond donors (Lipinski definition) is 2. The van der Waals surface area contributed by atoms with Crippen molar-refractivity contribution in [3.63, 3.8) is 0 Å². The Kier molecular flexibility index (Phi) is 20.4. The van der Waals surface area contributed by atoms with Crippen LogP contribution in [0.25, 0.3) is 0 Å². The third-order valence-corrected chi connectivity index (χ3v) is 5.26. The van der Waals surface area contributed by atoms with Crippen molar-refractivity contribution >= 4 is 5.97 Å². The first-order valence-electron chi connectivity index (χ1n) is 11.3. The molecule has 0 aromatic carbocycles. The fourth-order valence-electron chi connectivity index (χ4n) is 2.84. The molecule has 3 N–H and O–H groups in total. The van der Waals surface area contributed by atoms with Crippen molar-refractivity contribution in [3.05, 3.63) is 0 Å². The van der Waals surface area contributed by atoms with Gasteiger partial charge >= 0.3 is 5.97 Å². The summed E-state index contributed by atoms with van der Waals surface area (Å²) in [7, 11) is 0. The summed E-state index contributed by atoms with van der Waals surface area (Å²) >= 11 is 0. The molecule has 0 aromatic rings. The molecule has 158 valence electrons. The molecular formula is C23H49NO2. The molecule has 3 nitrogen and oxygen atoms in total. The van der Waals surface area contributed by atoms with Gasteiger partial charge in [-0.2, -0.15) is 0 Å². The van der Waals surface area contributed by atoms with Gasteiger partial charge in [-0.3, -0.25) is 4.79 Å². The standard InChI is InChI=1S/C13H29N.C10H20O2/c1-5-6-7-8-9-10-11-12(2)13(3,4)14;1-2-3-4-5-6-7-8-9-10(11)12/h12H,5-11,14H2,1-4H3;2-9H2,1H3,(H,11,12). The van der Waals surface area contributed by atoms with Crippen LogP contribution in [0.1, 0.15) is 131 Å². The number of hydrogen-bond acceptors (Lipinski definition) is 2. The predicted octanol–water partition coefficient (Wildman–Crippen LogP) is 7.32. The summed E-state index contributed by atoms with van der Waals surface area (Å²) in [5.74, 6) is -0.0165. The van der Waals surface area contributed by atoms with E-state index < -0.39 is 5.97 Å². The van der Waals surface area contributed by atoms with Crippen molar-refractivity contribution in [1.82, 2.24) is 0 Å². The van der Waals surface area contributed by atoms with E-state index in [4.69, 9.17) is 10.8 Å². The molecular weight excluding hydrogens is 322 g/mol. The molecule has 0 aliphatic heterocycles. The van der Waals surface area contributed by atoms with Gasteiger partial charge in [-0.25, -0.2) is 0 Å². The summed E-state index contributed by atoms with van der Waals surface area (Å²) in [4.78, 5) is 10.1. The lowest BCUT2D eigenvalue weighted by Crippen LogP contribution is -2.39. The van der Waals surface area contributed by atoms with Gasteiger partial charge in [0.1, 0.15) is 0 Å². The van der Waals surface area contributed by atoms with Crippen LogP contribution in [-0.4, -0.2) is 16.6 Å². The van der Waals surface area contributed by atoms with Crippen LogP contribution in [0.5, 0.6) is 0 Å². The molecule has 0 radical (unpaired) electrons. The average molecular weight is 372 g/mol. The van der Waals surface area contributed by atoms with Gasteiger partial charge in [0.15, 0.2) is 0 Å². The Morgan fingerprint density at radius 3 is 1.58 bits per heavy atom. The van der Waals surface area contributed by atoms with E-state index in [2.05, 4.69) is 34.6 Å². The number of carbonyl (C=O) groups is 1. The fraction of sp³-hybridized carbons (Fsp3) is 0.957. The molecule has 0 spiro atoms. The van der Waals surface area contributed by atoms with Crippen LogP contribution in [0, 0.1) is 5.92 Å². The van der Waals surface area contributed by atoms with E-state index in [0.717, 1.165) is 12.8 Å². The first-order chi connectivity index (χ1) is 12.3. The molecule has 1 unspecified atom stereocenters. The van der Waals surface area contributed by atoms with Gasteiger partial charge in [0.25, 0.3) is 0 Å². The van der Waals surface area contributed by atoms with Crippen molar-refractivity contribution in [2.24, 2.45) is 11.7 Å². The maximum atomic E-state index is 10.1. The highest BCUT2D eigenvalue weighted by Gasteiger charge is 2.19. The number of nitrogens with two attached hydrogens (primary N) is 1. The van der Waals surface area contributed by atoms with Crippen LogP contribution in [-0.2, 0) is 4.79 Å². The molecule has 0 aliphatic carbocycles. The number of carboxylic acid groups (broad SMARTS) is 1. The summed E-state index contributed by atoms with van der Waals surface area (Å²) in [6.07, 6.45) is 18.2. The third kappa shape index (κ3) is 23.4. The highest BCUT2D eigenvalue weighted by molar-refractivity contribution is 5.66. The zero-order chi connectivity index (χ0) is 20.3. The highest BCUT2D eigenvalue weighted by atomic mass is 16.4. The second-order valence-corrected chi connectivity index (χ2v) is 8.54. The van der Waals surface area contributed by atoms with Gasteiger partial charge < -0.3 is 10.8 Å². The molecule has 3 heteroatoms. The number of aliphatic carboxylic acids is 1. The summed E-state index contributed by atoms with van der Waals surface area (Å²) in [6.45, 7) is 11.0. The van der Waals surface area contributed by atoms with Crippen LogP contribution in [0.4, 0.5) is 0 Å². The highest BCUT2D eigenvalue weighted by Crippen LogP contribution is 2.20. The Labute approximate surface area is 164 Å². The van der Waals surface area contributed by atoms with Gasteiger partial charge in [0.2, 0.25) is 0 Å². The Morgan fingerprint density at radius 2 is 1.19 bits per heavy atom. The first kappa shape index (κ1) is 27.6. The maximum absolute atomic E-state index is 10.1. The van der Waals surface area contributed by atoms with Crippen LogP contribution in [0.15, 0.2) is 0 Å². The van der Waals surface area contributed by atoms with E-state index in [1.165, 1.54) is 77.0 Å². The van der Waals surface area contributed by atoms with Gasteiger partial charge in [-0.15, -0.1) is 0 Å². The summed E-state index contributed by atoms with van der Waals surface area (Å²) in [5.41, 5.74) is 6.04. The average Bonchev–Trinajstić information content (AvgIpc) is 2.56. The van der Waals surface area contributed by atoms with E-state index in [-0.39, 0.29) is 5.54 Å². The molecule has 0 heterocycles. The minimum absolute atomic E-state index is 0.00339. The van der Waals surface area contributed by atoms with Gasteiger partial charge in [0.05, 0.1) is 0 Å². The Balaban J connectivity index is 0. The topological polar surface area (TPSA) is 63.3 Å². The Hall–Kier alpha value is -0.570. The van der Waals surface area contributed by atoms with Crippen LogP contribution < -0.4 is 5.73 Å². The number of carboxylic acids is 1. The van der Waals surface area contributed by atoms with Crippen LogP contribution >= 0.6 is 0 Å². The molecule has 0 aliphatic rings. The number of rotatable bonds is 16. The second-order valence-electron chi connectivity index (χ2n) is 8.54. The smallest absolute Gasteiger partial charge is 0.303 e. The van der Waals surface area contributed by atoms with Crippen LogP contribution in [0.2, 0.25) is 0 Å². The minimum atomic E-state index is -0.663. The predicted molar refractivity (Wildman–Crippen MR) is 116 cm³/mol. The normalized spacial score (nSPS) is 12.4. The van der Waals surface area contributed by atoms with E-state index in [1.54, 1.807) is 0 Å². The SMILES string of the molecule is CCCCCCCCC(C)C(C)(C)N.CCCCCCCCCC(=O)O. The molecule has 26 heavy (non-hydrogen) atoms. The van der Waals surface area contributed by atoms with Crippen molar-refractivity contribution < 1.29 is 9.90 Å². The molecule has 0 amide bonds. The van der Waals surface area contributed by atoms with Gasteiger partial charge in [-0.1, -0.05) is 97.8 Å². The van der Waals surface area contributed by atoms with E-state index in [1.807, 2.05) is 0 Å². The van der Waals surface area contributed by atoms with E-state index in [0.29, 0.717) is 12.3 Å². The lowest BCUT2D eigenvalue weighted by Gasteiger charge is -2.27. The van der Waals surface area contributed by atoms with Gasteiger partial charge in [-0.05, 0) is 32.6 Å². The molecule has 0 saturated carbocycles. The molecule has 0 fully saturated rings. The number of unbranched alkanes of at least 4 members (excludes halogenated alkanes) is 11. The largest absolute Gasteiger partial charge is 0.481 e. The Morgan fingerprint density at radius 1 is 0.808 bits per heavy atom. The van der Waals surface area contributed by atoms with Gasteiger partial charge in [0, 0.05) is 12.0 Å². The summed E-state index contributed by atoms with van der Waals surface area (Å²) < 4.78 is 0. The lowest BCUT2D eigenvalue weighted by molar-refractivity contribution is -0.137. The van der Waals surface area contributed by atoms with Crippen molar-refractivity contribution in [1.29, 1.82) is 0 Å². The quantitative estimate of drug-likeness (QED) is 0.279. The third-order valence-electron chi connectivity index (χ3n) is 5.26. The summed E-state index contributed by atoms with van der Waals surface area (Å²) in [5, 5.41) is 8.35. The zero-order valence-corrected chi connectivity index (χ0v) is 18.6.